The van der Waals surface area contributed by atoms with E-state index >= 15 is 0 Å². The van der Waals surface area contributed by atoms with Crippen molar-refractivity contribution in [3.05, 3.63) is 0 Å². The van der Waals surface area contributed by atoms with Gasteiger partial charge in [0.05, 0.1) is 11.0 Å². The van der Waals surface area contributed by atoms with E-state index < -0.39 is 17.0 Å². The fourth-order valence-electron chi connectivity index (χ4n) is 2.36. The first-order chi connectivity index (χ1) is 7.79. The lowest BCUT2D eigenvalue weighted by molar-refractivity contribution is -0.152. The lowest BCUT2D eigenvalue weighted by Gasteiger charge is -2.39. The van der Waals surface area contributed by atoms with Crippen LogP contribution >= 0.6 is 0 Å². The molecular formula is C13H25NO3. The number of nitrogens with zero attached hydrogens (tertiary/aromatic N) is 1. The fourth-order valence-corrected chi connectivity index (χ4v) is 2.36. The van der Waals surface area contributed by atoms with E-state index in [9.17, 15) is 15.0 Å². The molecule has 1 fully saturated rings. The zero-order valence-corrected chi connectivity index (χ0v) is 11.2. The molecule has 0 atom stereocenters. The average molecular weight is 243 g/mol. The van der Waals surface area contributed by atoms with Gasteiger partial charge in [0.2, 0.25) is 0 Å². The van der Waals surface area contributed by atoms with Gasteiger partial charge in [-0.2, -0.15) is 0 Å². The van der Waals surface area contributed by atoms with Gasteiger partial charge in [-0.3, -0.25) is 4.79 Å². The molecule has 0 radical (unpaired) electrons. The van der Waals surface area contributed by atoms with E-state index in [4.69, 9.17) is 0 Å². The maximum atomic E-state index is 11.3. The van der Waals surface area contributed by atoms with Crippen molar-refractivity contribution < 1.29 is 15.0 Å². The lowest BCUT2D eigenvalue weighted by atomic mass is 9.76. The molecule has 17 heavy (non-hydrogen) atoms. The van der Waals surface area contributed by atoms with Crippen LogP contribution < -0.4 is 0 Å². The van der Waals surface area contributed by atoms with Crippen molar-refractivity contribution >= 4 is 5.97 Å². The van der Waals surface area contributed by atoms with Gasteiger partial charge in [0, 0.05) is 6.54 Å². The first-order valence-corrected chi connectivity index (χ1v) is 6.47. The van der Waals surface area contributed by atoms with Gasteiger partial charge < -0.3 is 15.1 Å². The van der Waals surface area contributed by atoms with E-state index in [-0.39, 0.29) is 0 Å². The lowest BCUT2D eigenvalue weighted by Crippen LogP contribution is -2.45. The highest BCUT2D eigenvalue weighted by molar-refractivity contribution is 5.74. The molecule has 0 aromatic carbocycles. The SMILES string of the molecule is CCC1(C(=O)O)CCN(CCC(C)(C)O)CC1. The standard InChI is InChI=1S/C13H25NO3/c1-4-13(11(15)16)6-9-14(10-7-13)8-5-12(2,3)17/h17H,4-10H2,1-3H3,(H,15,16). The summed E-state index contributed by atoms with van der Waals surface area (Å²) in [5.74, 6) is -0.651. The number of aliphatic hydroxyl groups is 1. The Hall–Kier alpha value is -0.610. The van der Waals surface area contributed by atoms with Gasteiger partial charge in [0.25, 0.3) is 0 Å². The van der Waals surface area contributed by atoms with Crippen molar-refractivity contribution in [1.29, 1.82) is 0 Å². The summed E-state index contributed by atoms with van der Waals surface area (Å²) in [6.45, 7) is 8.09. The third kappa shape index (κ3) is 3.96. The number of carboxylic acids is 1. The van der Waals surface area contributed by atoms with E-state index in [2.05, 4.69) is 4.90 Å². The van der Waals surface area contributed by atoms with Crippen LogP contribution in [-0.4, -0.2) is 46.3 Å². The number of piperidine rings is 1. The largest absolute Gasteiger partial charge is 0.481 e. The molecule has 1 heterocycles. The predicted molar refractivity (Wildman–Crippen MR) is 66.9 cm³/mol. The Morgan fingerprint density at radius 1 is 1.35 bits per heavy atom. The molecule has 2 N–H and O–H groups in total. The molecule has 0 bridgehead atoms. The van der Waals surface area contributed by atoms with E-state index in [0.29, 0.717) is 6.42 Å². The van der Waals surface area contributed by atoms with Crippen molar-refractivity contribution in [2.75, 3.05) is 19.6 Å². The van der Waals surface area contributed by atoms with Crippen LogP contribution in [0.5, 0.6) is 0 Å². The summed E-state index contributed by atoms with van der Waals surface area (Å²) >= 11 is 0. The minimum atomic E-state index is -0.651. The van der Waals surface area contributed by atoms with Crippen LogP contribution in [0, 0.1) is 5.41 Å². The molecule has 0 saturated carbocycles. The summed E-state index contributed by atoms with van der Waals surface area (Å²) in [7, 11) is 0. The third-order valence-electron chi connectivity index (χ3n) is 3.98. The van der Waals surface area contributed by atoms with Crippen molar-refractivity contribution in [1.82, 2.24) is 4.90 Å². The number of hydrogen-bond acceptors (Lipinski definition) is 3. The van der Waals surface area contributed by atoms with Gasteiger partial charge in [-0.15, -0.1) is 0 Å². The molecular weight excluding hydrogens is 218 g/mol. The Morgan fingerprint density at radius 2 is 1.88 bits per heavy atom. The van der Waals surface area contributed by atoms with Gasteiger partial charge in [-0.05, 0) is 52.6 Å². The number of carboxylic acid groups (broad SMARTS) is 1. The topological polar surface area (TPSA) is 60.8 Å². The van der Waals surface area contributed by atoms with Crippen molar-refractivity contribution in [3.63, 3.8) is 0 Å². The molecule has 1 aliphatic heterocycles. The molecule has 0 amide bonds. The second-order valence-corrected chi connectivity index (χ2v) is 5.84. The molecule has 1 rings (SSSR count). The predicted octanol–water partition coefficient (Wildman–Crippen LogP) is 1.72. The smallest absolute Gasteiger partial charge is 0.309 e. The molecule has 4 heteroatoms. The molecule has 0 aromatic rings. The first-order valence-electron chi connectivity index (χ1n) is 6.47. The third-order valence-corrected chi connectivity index (χ3v) is 3.98. The second kappa shape index (κ2) is 5.36. The Morgan fingerprint density at radius 3 is 2.24 bits per heavy atom. The van der Waals surface area contributed by atoms with Crippen LogP contribution in [0.3, 0.4) is 0 Å². The molecule has 4 nitrogen and oxygen atoms in total. The minimum Gasteiger partial charge on any atom is -0.481 e. The summed E-state index contributed by atoms with van der Waals surface area (Å²) in [6, 6.07) is 0. The van der Waals surface area contributed by atoms with Crippen LogP contribution in [0.25, 0.3) is 0 Å². The van der Waals surface area contributed by atoms with Crippen LogP contribution in [0.1, 0.15) is 46.5 Å². The summed E-state index contributed by atoms with van der Waals surface area (Å²) in [4.78, 5) is 13.5. The maximum absolute atomic E-state index is 11.3. The Kier molecular flexibility index (Phi) is 4.55. The number of rotatable bonds is 5. The zero-order valence-electron chi connectivity index (χ0n) is 11.2. The van der Waals surface area contributed by atoms with Gasteiger partial charge in [-0.1, -0.05) is 6.92 Å². The molecule has 0 spiro atoms. The van der Waals surface area contributed by atoms with Gasteiger partial charge in [0.1, 0.15) is 0 Å². The van der Waals surface area contributed by atoms with Crippen LogP contribution in [0.4, 0.5) is 0 Å². The summed E-state index contributed by atoms with van der Waals surface area (Å²) in [5, 5.41) is 18.9. The van der Waals surface area contributed by atoms with Crippen molar-refractivity contribution in [2.45, 2.75) is 52.1 Å². The summed E-state index contributed by atoms with van der Waals surface area (Å²) < 4.78 is 0. The van der Waals surface area contributed by atoms with Crippen molar-refractivity contribution in [3.8, 4) is 0 Å². The Bertz CT molecular complexity index is 262. The van der Waals surface area contributed by atoms with Crippen molar-refractivity contribution in [2.24, 2.45) is 5.41 Å². The van der Waals surface area contributed by atoms with E-state index in [1.807, 2.05) is 20.8 Å². The van der Waals surface area contributed by atoms with E-state index in [1.165, 1.54) is 0 Å². The van der Waals surface area contributed by atoms with Crippen LogP contribution in [-0.2, 0) is 4.79 Å². The number of aliphatic carboxylic acids is 1. The molecule has 1 aliphatic rings. The molecule has 1 saturated heterocycles. The van der Waals surface area contributed by atoms with Crippen LogP contribution in [0.2, 0.25) is 0 Å². The molecule has 0 aromatic heterocycles. The van der Waals surface area contributed by atoms with E-state index in [1.54, 1.807) is 0 Å². The maximum Gasteiger partial charge on any atom is 0.309 e. The highest BCUT2D eigenvalue weighted by Gasteiger charge is 2.39. The fraction of sp³-hybridized carbons (Fsp3) is 0.923. The van der Waals surface area contributed by atoms with Gasteiger partial charge in [0.15, 0.2) is 0 Å². The number of hydrogen-bond donors (Lipinski definition) is 2. The molecule has 0 aliphatic carbocycles. The van der Waals surface area contributed by atoms with Gasteiger partial charge >= 0.3 is 5.97 Å². The molecule has 100 valence electrons. The number of carbonyl (C=O) groups is 1. The van der Waals surface area contributed by atoms with E-state index in [0.717, 1.165) is 38.9 Å². The monoisotopic (exact) mass is 243 g/mol. The Balaban J connectivity index is 2.42. The highest BCUT2D eigenvalue weighted by atomic mass is 16.4. The van der Waals surface area contributed by atoms with Gasteiger partial charge in [-0.25, -0.2) is 0 Å². The Labute approximate surface area is 104 Å². The second-order valence-electron chi connectivity index (χ2n) is 5.84. The summed E-state index contributed by atoms with van der Waals surface area (Å²) in [6.07, 6.45) is 2.90. The molecule has 0 unspecified atom stereocenters. The first kappa shape index (κ1) is 14.5. The average Bonchev–Trinajstić information content (AvgIpc) is 2.26. The number of likely N-dealkylation sites (tertiary alicyclic amines) is 1. The normalized spacial score (nSPS) is 21.4. The quantitative estimate of drug-likeness (QED) is 0.772. The zero-order chi connectivity index (χ0) is 13.1. The summed E-state index contributed by atoms with van der Waals surface area (Å²) in [5.41, 5.74) is -1.14. The highest BCUT2D eigenvalue weighted by Crippen LogP contribution is 2.35. The van der Waals surface area contributed by atoms with Crippen LogP contribution in [0.15, 0.2) is 0 Å². The minimum absolute atomic E-state index is 0.509.